The topological polar surface area (TPSA) is 40.9 Å². The maximum absolute atomic E-state index is 12.6. The molecule has 2 nitrogen and oxygen atoms in total. The summed E-state index contributed by atoms with van der Waals surface area (Å²) >= 11 is 0. The molecule has 20 heavy (non-hydrogen) atoms. The van der Waals surface area contributed by atoms with Crippen LogP contribution in [0.15, 0.2) is 54.6 Å². The lowest BCUT2D eigenvalue weighted by atomic mass is 9.82. The van der Waals surface area contributed by atoms with Crippen LogP contribution in [0.4, 0.5) is 0 Å². The minimum Gasteiger partial charge on any atom is -0.289 e. The third-order valence-corrected chi connectivity index (χ3v) is 3.87. The predicted octanol–water partition coefficient (Wildman–Crippen LogP) is 3.92. The Morgan fingerprint density at radius 1 is 0.750 bits per heavy atom. The van der Waals surface area contributed by atoms with Gasteiger partial charge in [0, 0.05) is 21.9 Å². The lowest BCUT2D eigenvalue weighted by Gasteiger charge is -2.20. The minimum absolute atomic E-state index is 0.0359. The smallest absolute Gasteiger partial charge is 0.194 e. The second-order valence-electron chi connectivity index (χ2n) is 4.88. The molecule has 0 aromatic heterocycles. The highest BCUT2D eigenvalue weighted by atomic mass is 16.1. The fourth-order valence-electron chi connectivity index (χ4n) is 2.98. The molecule has 0 saturated carbocycles. The van der Waals surface area contributed by atoms with Crippen molar-refractivity contribution in [1.82, 2.24) is 0 Å². The monoisotopic (exact) mass is 255 g/mol. The maximum atomic E-state index is 12.6. The van der Waals surface area contributed by atoms with Crippen LogP contribution >= 0.6 is 0 Å². The van der Waals surface area contributed by atoms with E-state index in [2.05, 4.69) is 6.07 Å². The van der Waals surface area contributed by atoms with Crippen LogP contribution in [0.5, 0.6) is 0 Å². The molecular weight excluding hydrogens is 246 g/mol. The van der Waals surface area contributed by atoms with Crippen LogP contribution in [0.2, 0.25) is 0 Å². The van der Waals surface area contributed by atoms with Gasteiger partial charge in [-0.1, -0.05) is 48.5 Å². The van der Waals surface area contributed by atoms with E-state index in [1.807, 2.05) is 54.6 Å². The average Bonchev–Trinajstić information content (AvgIpc) is 2.52. The Labute approximate surface area is 115 Å². The summed E-state index contributed by atoms with van der Waals surface area (Å²) in [5.74, 6) is 0.0359. The Kier molecular flexibility index (Phi) is 2.07. The van der Waals surface area contributed by atoms with E-state index in [0.717, 1.165) is 27.5 Å². The normalized spacial score (nSPS) is 12.1. The molecule has 4 rings (SSSR count). The van der Waals surface area contributed by atoms with Crippen molar-refractivity contribution in [3.63, 3.8) is 0 Å². The van der Waals surface area contributed by atoms with Gasteiger partial charge in [-0.3, -0.25) is 4.79 Å². The van der Waals surface area contributed by atoms with Crippen molar-refractivity contribution in [2.24, 2.45) is 0 Å². The van der Waals surface area contributed by atoms with Gasteiger partial charge < -0.3 is 0 Å². The van der Waals surface area contributed by atoms with E-state index < -0.39 is 0 Å². The van der Waals surface area contributed by atoms with Gasteiger partial charge in [-0.2, -0.15) is 5.26 Å². The van der Waals surface area contributed by atoms with Crippen LogP contribution in [-0.2, 0) is 0 Å². The molecule has 0 radical (unpaired) electrons. The number of nitrogens with zero attached hydrogens (tertiary/aromatic N) is 1. The second kappa shape index (κ2) is 3.79. The molecule has 1 aliphatic rings. The first-order chi connectivity index (χ1) is 9.81. The highest BCUT2D eigenvalue weighted by Gasteiger charge is 2.25. The molecule has 92 valence electrons. The van der Waals surface area contributed by atoms with Crippen molar-refractivity contribution in [3.8, 4) is 17.2 Å². The summed E-state index contributed by atoms with van der Waals surface area (Å²) < 4.78 is 0. The zero-order valence-electron chi connectivity index (χ0n) is 10.6. The summed E-state index contributed by atoms with van der Waals surface area (Å²) in [7, 11) is 0. The van der Waals surface area contributed by atoms with Crippen molar-refractivity contribution in [1.29, 1.82) is 5.26 Å². The molecule has 0 unspecified atom stereocenters. The highest BCUT2D eigenvalue weighted by molar-refractivity contribution is 6.26. The quantitative estimate of drug-likeness (QED) is 0.477. The molecular formula is C18H9NO. The fourth-order valence-corrected chi connectivity index (χ4v) is 2.98. The van der Waals surface area contributed by atoms with Gasteiger partial charge >= 0.3 is 0 Å². The molecule has 0 aliphatic heterocycles. The van der Waals surface area contributed by atoms with Gasteiger partial charge in [-0.15, -0.1) is 0 Å². The summed E-state index contributed by atoms with van der Waals surface area (Å²) in [6, 6.07) is 19.2. The molecule has 0 heterocycles. The molecule has 3 aromatic rings. The number of hydrogen-bond donors (Lipinski definition) is 0. The molecule has 0 atom stereocenters. The summed E-state index contributed by atoms with van der Waals surface area (Å²) in [6.07, 6.45) is 0. The van der Waals surface area contributed by atoms with Gasteiger partial charge in [0.05, 0.1) is 11.6 Å². The third kappa shape index (κ3) is 1.24. The molecule has 0 fully saturated rings. The molecule has 0 spiro atoms. The van der Waals surface area contributed by atoms with Gasteiger partial charge in [-0.25, -0.2) is 0 Å². The van der Waals surface area contributed by atoms with Crippen molar-refractivity contribution >= 4 is 16.6 Å². The van der Waals surface area contributed by atoms with E-state index in [9.17, 15) is 10.1 Å². The van der Waals surface area contributed by atoms with Gasteiger partial charge in [0.2, 0.25) is 0 Å². The zero-order valence-corrected chi connectivity index (χ0v) is 10.6. The maximum Gasteiger partial charge on any atom is 0.194 e. The van der Waals surface area contributed by atoms with Gasteiger partial charge in [0.1, 0.15) is 0 Å². The van der Waals surface area contributed by atoms with E-state index in [1.165, 1.54) is 0 Å². The van der Waals surface area contributed by atoms with Crippen molar-refractivity contribution in [3.05, 3.63) is 71.3 Å². The average molecular weight is 255 g/mol. The standard InChI is InChI=1S/C18H9NO/c19-10-11-8-9-14-13-4-1-2-5-15(13)18(20)16-7-3-6-12(11)17(14)16/h1-9H. The number of benzene rings is 3. The fraction of sp³-hybridized carbons (Fsp3) is 0. The largest absolute Gasteiger partial charge is 0.289 e. The molecule has 0 N–H and O–H groups in total. The minimum atomic E-state index is 0.0359. The summed E-state index contributed by atoms with van der Waals surface area (Å²) in [5.41, 5.74) is 4.01. The Hall–Kier alpha value is -2.92. The molecule has 3 aromatic carbocycles. The van der Waals surface area contributed by atoms with Crippen LogP contribution in [0.1, 0.15) is 21.5 Å². The highest BCUT2D eigenvalue weighted by Crippen LogP contribution is 2.40. The SMILES string of the molecule is N#Cc1ccc2c3c(cccc13)C(=O)c1ccccc1-2. The number of carbonyl (C=O) groups excluding carboxylic acids is 1. The molecule has 0 amide bonds. The zero-order chi connectivity index (χ0) is 13.7. The lowest BCUT2D eigenvalue weighted by molar-refractivity contribution is 0.104. The van der Waals surface area contributed by atoms with E-state index in [-0.39, 0.29) is 5.78 Å². The van der Waals surface area contributed by atoms with E-state index in [4.69, 9.17) is 0 Å². The van der Waals surface area contributed by atoms with E-state index >= 15 is 0 Å². The Morgan fingerprint density at radius 3 is 2.30 bits per heavy atom. The molecule has 0 bridgehead atoms. The Balaban J connectivity index is 2.27. The van der Waals surface area contributed by atoms with E-state index in [0.29, 0.717) is 11.1 Å². The van der Waals surface area contributed by atoms with Crippen LogP contribution in [0.3, 0.4) is 0 Å². The number of ketones is 1. The van der Waals surface area contributed by atoms with Crippen LogP contribution in [-0.4, -0.2) is 5.78 Å². The lowest BCUT2D eigenvalue weighted by Crippen LogP contribution is -2.09. The van der Waals surface area contributed by atoms with Crippen molar-refractivity contribution < 1.29 is 4.79 Å². The van der Waals surface area contributed by atoms with Crippen LogP contribution in [0, 0.1) is 11.3 Å². The van der Waals surface area contributed by atoms with Crippen LogP contribution < -0.4 is 0 Å². The van der Waals surface area contributed by atoms with Gasteiger partial charge in [-0.05, 0) is 17.2 Å². The number of carbonyl (C=O) groups is 1. The Morgan fingerprint density at radius 2 is 1.50 bits per heavy atom. The van der Waals surface area contributed by atoms with E-state index in [1.54, 1.807) is 0 Å². The molecule has 1 aliphatic carbocycles. The molecule has 2 heteroatoms. The molecule has 0 saturated heterocycles. The predicted molar refractivity (Wildman–Crippen MR) is 77.5 cm³/mol. The number of hydrogen-bond acceptors (Lipinski definition) is 2. The summed E-state index contributed by atoms with van der Waals surface area (Å²) in [5, 5.41) is 11.0. The number of nitriles is 1. The summed E-state index contributed by atoms with van der Waals surface area (Å²) in [6.45, 7) is 0. The van der Waals surface area contributed by atoms with Crippen molar-refractivity contribution in [2.45, 2.75) is 0 Å². The van der Waals surface area contributed by atoms with Crippen molar-refractivity contribution in [2.75, 3.05) is 0 Å². The second-order valence-corrected chi connectivity index (χ2v) is 4.88. The Bertz CT molecular complexity index is 932. The first-order valence-corrected chi connectivity index (χ1v) is 6.41. The third-order valence-electron chi connectivity index (χ3n) is 3.87. The first-order valence-electron chi connectivity index (χ1n) is 6.41. The first kappa shape index (κ1) is 11.0. The summed E-state index contributed by atoms with van der Waals surface area (Å²) in [4.78, 5) is 12.6. The van der Waals surface area contributed by atoms with Crippen LogP contribution in [0.25, 0.3) is 21.9 Å². The van der Waals surface area contributed by atoms with Gasteiger partial charge in [0.15, 0.2) is 5.78 Å². The number of rotatable bonds is 0. The van der Waals surface area contributed by atoms with Gasteiger partial charge in [0.25, 0.3) is 0 Å². The number of fused-ring (bicyclic) bond motifs is 2.